The number of rotatable bonds is 2. The molecule has 0 spiro atoms. The minimum atomic E-state index is -0.0934. The zero-order valence-electron chi connectivity index (χ0n) is 10.8. The summed E-state index contributed by atoms with van der Waals surface area (Å²) in [6.07, 6.45) is 0. The molecule has 4 heteroatoms. The largest absolute Gasteiger partial charge is 0.456 e. The maximum absolute atomic E-state index is 11.9. The standard InChI is InChI=1S/C17H10BrClO2/c18-13-5-1-11(2-6-13)16-9-15(20)10-17(21-16)12-3-7-14(19)8-4-12/h1-10H. The molecule has 0 bridgehead atoms. The predicted octanol–water partition coefficient (Wildman–Crippen LogP) is 5.39. The van der Waals surface area contributed by atoms with Gasteiger partial charge in [0.25, 0.3) is 0 Å². The summed E-state index contributed by atoms with van der Waals surface area (Å²) in [6.45, 7) is 0. The minimum absolute atomic E-state index is 0.0934. The summed E-state index contributed by atoms with van der Waals surface area (Å²) < 4.78 is 6.83. The SMILES string of the molecule is O=c1cc(-c2ccc(Cl)cc2)oc(-c2ccc(Br)cc2)c1. The van der Waals surface area contributed by atoms with E-state index in [1.807, 2.05) is 36.4 Å². The van der Waals surface area contributed by atoms with Crippen molar-refractivity contribution < 1.29 is 4.42 Å². The van der Waals surface area contributed by atoms with Gasteiger partial charge in [0, 0.05) is 32.8 Å². The maximum atomic E-state index is 11.9. The average Bonchev–Trinajstić information content (AvgIpc) is 2.48. The Bertz CT molecular complexity index is 754. The summed E-state index contributed by atoms with van der Waals surface area (Å²) in [5.74, 6) is 1.07. The first-order valence-corrected chi connectivity index (χ1v) is 7.46. The van der Waals surface area contributed by atoms with Crippen LogP contribution in [0.2, 0.25) is 5.02 Å². The second-order valence-electron chi connectivity index (χ2n) is 4.54. The molecule has 0 unspecified atom stereocenters. The summed E-state index contributed by atoms with van der Waals surface area (Å²) in [4.78, 5) is 11.9. The summed E-state index contributed by atoms with van der Waals surface area (Å²) in [5.41, 5.74) is 1.57. The molecule has 1 heterocycles. The Hall–Kier alpha value is -1.84. The first-order valence-electron chi connectivity index (χ1n) is 6.29. The lowest BCUT2D eigenvalue weighted by atomic mass is 10.1. The second-order valence-corrected chi connectivity index (χ2v) is 5.89. The molecule has 0 amide bonds. The summed E-state index contributed by atoms with van der Waals surface area (Å²) in [7, 11) is 0. The van der Waals surface area contributed by atoms with Gasteiger partial charge in [-0.05, 0) is 36.4 Å². The van der Waals surface area contributed by atoms with Gasteiger partial charge in [-0.3, -0.25) is 4.79 Å². The molecule has 0 aliphatic heterocycles. The van der Waals surface area contributed by atoms with Crippen LogP contribution in [0.1, 0.15) is 0 Å². The van der Waals surface area contributed by atoms with Crippen LogP contribution in [0.25, 0.3) is 22.6 Å². The van der Waals surface area contributed by atoms with E-state index in [9.17, 15) is 4.79 Å². The fourth-order valence-corrected chi connectivity index (χ4v) is 2.38. The highest BCUT2D eigenvalue weighted by Gasteiger charge is 2.07. The first-order chi connectivity index (χ1) is 10.1. The Morgan fingerprint density at radius 1 is 0.810 bits per heavy atom. The molecule has 0 N–H and O–H groups in total. The average molecular weight is 362 g/mol. The molecule has 0 fully saturated rings. The smallest absolute Gasteiger partial charge is 0.186 e. The van der Waals surface area contributed by atoms with Crippen LogP contribution in [0.5, 0.6) is 0 Å². The molecule has 21 heavy (non-hydrogen) atoms. The Morgan fingerprint density at radius 2 is 1.29 bits per heavy atom. The van der Waals surface area contributed by atoms with Crippen molar-refractivity contribution in [2.24, 2.45) is 0 Å². The fraction of sp³-hybridized carbons (Fsp3) is 0. The molecule has 3 rings (SSSR count). The number of hydrogen-bond donors (Lipinski definition) is 0. The van der Waals surface area contributed by atoms with Crippen molar-refractivity contribution in [3.05, 3.63) is 80.4 Å². The molecule has 0 saturated heterocycles. The highest BCUT2D eigenvalue weighted by Crippen LogP contribution is 2.26. The van der Waals surface area contributed by atoms with Crippen molar-refractivity contribution in [3.63, 3.8) is 0 Å². The van der Waals surface area contributed by atoms with E-state index in [2.05, 4.69) is 15.9 Å². The van der Waals surface area contributed by atoms with Crippen molar-refractivity contribution in [2.75, 3.05) is 0 Å². The molecular formula is C17H10BrClO2. The van der Waals surface area contributed by atoms with Gasteiger partial charge in [-0.25, -0.2) is 0 Å². The van der Waals surface area contributed by atoms with Gasteiger partial charge in [0.15, 0.2) is 5.43 Å². The van der Waals surface area contributed by atoms with E-state index in [0.717, 1.165) is 15.6 Å². The van der Waals surface area contributed by atoms with Crippen LogP contribution in [-0.4, -0.2) is 0 Å². The normalized spacial score (nSPS) is 10.6. The van der Waals surface area contributed by atoms with Crippen LogP contribution in [0.3, 0.4) is 0 Å². The van der Waals surface area contributed by atoms with Crippen LogP contribution in [0, 0.1) is 0 Å². The predicted molar refractivity (Wildman–Crippen MR) is 88.6 cm³/mol. The van der Waals surface area contributed by atoms with Gasteiger partial charge >= 0.3 is 0 Å². The monoisotopic (exact) mass is 360 g/mol. The molecule has 0 atom stereocenters. The van der Waals surface area contributed by atoms with Gasteiger partial charge in [0.2, 0.25) is 0 Å². The minimum Gasteiger partial charge on any atom is -0.456 e. The lowest BCUT2D eigenvalue weighted by Crippen LogP contribution is -1.98. The molecule has 1 aromatic heterocycles. The van der Waals surface area contributed by atoms with Crippen molar-refractivity contribution in [2.45, 2.75) is 0 Å². The summed E-state index contributed by atoms with van der Waals surface area (Å²) in [6, 6.07) is 17.8. The third-order valence-corrected chi connectivity index (χ3v) is 3.80. The molecule has 104 valence electrons. The summed E-state index contributed by atoms with van der Waals surface area (Å²) in [5, 5.41) is 0.644. The van der Waals surface area contributed by atoms with Gasteiger partial charge in [-0.2, -0.15) is 0 Å². The van der Waals surface area contributed by atoms with Gasteiger partial charge < -0.3 is 4.42 Å². The number of halogens is 2. The van der Waals surface area contributed by atoms with E-state index in [0.29, 0.717) is 16.5 Å². The number of hydrogen-bond acceptors (Lipinski definition) is 2. The van der Waals surface area contributed by atoms with E-state index in [1.54, 1.807) is 12.1 Å². The third kappa shape index (κ3) is 3.26. The van der Waals surface area contributed by atoms with Gasteiger partial charge in [0.05, 0.1) is 0 Å². The topological polar surface area (TPSA) is 30.2 Å². The molecule has 2 nitrogen and oxygen atoms in total. The van der Waals surface area contributed by atoms with Crippen molar-refractivity contribution in [3.8, 4) is 22.6 Å². The van der Waals surface area contributed by atoms with Crippen LogP contribution < -0.4 is 5.43 Å². The Labute approximate surface area is 135 Å². The van der Waals surface area contributed by atoms with E-state index >= 15 is 0 Å². The summed E-state index contributed by atoms with van der Waals surface area (Å²) >= 11 is 9.26. The number of benzene rings is 2. The quantitative estimate of drug-likeness (QED) is 0.612. The second kappa shape index (κ2) is 5.88. The van der Waals surface area contributed by atoms with Crippen LogP contribution in [0.15, 0.2) is 74.3 Å². The molecular weight excluding hydrogens is 352 g/mol. The zero-order chi connectivity index (χ0) is 14.8. The fourth-order valence-electron chi connectivity index (χ4n) is 1.99. The molecule has 0 radical (unpaired) electrons. The Balaban J connectivity index is 2.10. The van der Waals surface area contributed by atoms with E-state index in [-0.39, 0.29) is 5.43 Å². The highest BCUT2D eigenvalue weighted by atomic mass is 79.9. The molecule has 0 saturated carbocycles. The lowest BCUT2D eigenvalue weighted by molar-refractivity contribution is 0.580. The van der Waals surface area contributed by atoms with Crippen molar-refractivity contribution >= 4 is 27.5 Å². The van der Waals surface area contributed by atoms with Crippen LogP contribution >= 0.6 is 27.5 Å². The molecule has 0 aliphatic rings. The lowest BCUT2D eigenvalue weighted by Gasteiger charge is -2.05. The van der Waals surface area contributed by atoms with E-state index < -0.39 is 0 Å². The first kappa shape index (κ1) is 14.1. The van der Waals surface area contributed by atoms with Crippen molar-refractivity contribution in [1.29, 1.82) is 0 Å². The van der Waals surface area contributed by atoms with E-state index in [4.69, 9.17) is 16.0 Å². The maximum Gasteiger partial charge on any atom is 0.186 e. The van der Waals surface area contributed by atoms with E-state index in [1.165, 1.54) is 12.1 Å². The van der Waals surface area contributed by atoms with Crippen molar-refractivity contribution in [1.82, 2.24) is 0 Å². The van der Waals surface area contributed by atoms with Crippen LogP contribution in [0.4, 0.5) is 0 Å². The molecule has 2 aromatic carbocycles. The van der Waals surface area contributed by atoms with Crippen LogP contribution in [-0.2, 0) is 0 Å². The Kier molecular flexibility index (Phi) is 3.95. The molecule has 3 aromatic rings. The zero-order valence-corrected chi connectivity index (χ0v) is 13.2. The third-order valence-electron chi connectivity index (χ3n) is 3.02. The van der Waals surface area contributed by atoms with Gasteiger partial charge in [0.1, 0.15) is 11.5 Å². The molecule has 0 aliphatic carbocycles. The highest BCUT2D eigenvalue weighted by molar-refractivity contribution is 9.10. The van der Waals surface area contributed by atoms with Gasteiger partial charge in [-0.15, -0.1) is 0 Å². The Morgan fingerprint density at radius 3 is 1.81 bits per heavy atom. The van der Waals surface area contributed by atoms with Gasteiger partial charge in [-0.1, -0.05) is 39.7 Å².